The molecule has 0 radical (unpaired) electrons. The maximum atomic E-state index is 5.72. The van der Waals surface area contributed by atoms with E-state index in [9.17, 15) is 0 Å². The van der Waals surface area contributed by atoms with Gasteiger partial charge in [-0.25, -0.2) is 4.98 Å². The highest BCUT2D eigenvalue weighted by molar-refractivity contribution is 7.11. The number of thiazole rings is 1. The molecule has 0 bridgehead atoms. The van der Waals surface area contributed by atoms with Crippen LogP contribution in [-0.4, -0.2) is 16.0 Å². The van der Waals surface area contributed by atoms with Crippen LogP contribution in [0.15, 0.2) is 24.5 Å². The number of hydrogen-bond acceptors (Lipinski definition) is 5. The Bertz CT molecular complexity index is 493. The van der Waals surface area contributed by atoms with Crippen molar-refractivity contribution >= 4 is 11.3 Å². The van der Waals surface area contributed by atoms with Crippen LogP contribution in [0.1, 0.15) is 22.5 Å². The zero-order chi connectivity index (χ0) is 13.0. The van der Waals surface area contributed by atoms with Crippen molar-refractivity contribution in [3.8, 4) is 5.75 Å². The molecule has 0 aliphatic carbocycles. The van der Waals surface area contributed by atoms with E-state index in [0.717, 1.165) is 27.7 Å². The monoisotopic (exact) mass is 263 g/mol. The third kappa shape index (κ3) is 3.78. The highest BCUT2D eigenvalue weighted by Crippen LogP contribution is 2.16. The normalized spacial score (nSPS) is 12.4. The number of pyridine rings is 1. The molecule has 0 aliphatic rings. The van der Waals surface area contributed by atoms with E-state index in [4.69, 9.17) is 10.5 Å². The van der Waals surface area contributed by atoms with Gasteiger partial charge in [0.25, 0.3) is 0 Å². The third-order valence-electron chi connectivity index (χ3n) is 2.38. The maximum Gasteiger partial charge on any atom is 0.138 e. The van der Waals surface area contributed by atoms with Gasteiger partial charge in [-0.15, -0.1) is 11.3 Å². The minimum Gasteiger partial charge on any atom is -0.486 e. The number of aryl methyl sites for hydroxylation is 1. The lowest BCUT2D eigenvalue weighted by Crippen LogP contribution is -2.18. The number of ether oxygens (including phenoxy) is 1. The molecule has 0 amide bonds. The van der Waals surface area contributed by atoms with Gasteiger partial charge in [-0.05, 0) is 26.0 Å². The largest absolute Gasteiger partial charge is 0.486 e. The van der Waals surface area contributed by atoms with E-state index in [1.165, 1.54) is 0 Å². The Balaban J connectivity index is 1.90. The lowest BCUT2D eigenvalue weighted by atomic mass is 10.2. The minimum absolute atomic E-state index is 0.129. The number of hydrogen-bond donors (Lipinski definition) is 1. The third-order valence-corrected chi connectivity index (χ3v) is 3.27. The molecule has 5 heteroatoms. The molecule has 2 aromatic rings. The Morgan fingerprint density at radius 1 is 1.33 bits per heavy atom. The zero-order valence-corrected chi connectivity index (χ0v) is 11.4. The van der Waals surface area contributed by atoms with Gasteiger partial charge in [0.05, 0.1) is 16.1 Å². The van der Waals surface area contributed by atoms with E-state index >= 15 is 0 Å². The van der Waals surface area contributed by atoms with Gasteiger partial charge in [-0.2, -0.15) is 0 Å². The molecular weight excluding hydrogens is 246 g/mol. The first-order valence-electron chi connectivity index (χ1n) is 5.88. The highest BCUT2D eigenvalue weighted by Gasteiger charge is 2.02. The first-order chi connectivity index (χ1) is 8.63. The molecule has 1 atom stereocenters. The quantitative estimate of drug-likeness (QED) is 0.899. The second kappa shape index (κ2) is 5.93. The number of nitrogens with zero attached hydrogens (tertiary/aromatic N) is 2. The van der Waals surface area contributed by atoms with Gasteiger partial charge in [0.1, 0.15) is 12.4 Å². The summed E-state index contributed by atoms with van der Waals surface area (Å²) in [5.74, 6) is 0.773. The lowest BCUT2D eigenvalue weighted by Gasteiger charge is -2.06. The van der Waals surface area contributed by atoms with Crippen molar-refractivity contribution < 1.29 is 4.74 Å². The Kier molecular flexibility index (Phi) is 4.28. The molecule has 4 nitrogen and oxygen atoms in total. The topological polar surface area (TPSA) is 61.0 Å². The first kappa shape index (κ1) is 13.0. The number of nitrogens with two attached hydrogens (primary N) is 1. The fraction of sp³-hybridized carbons (Fsp3) is 0.385. The van der Waals surface area contributed by atoms with Crippen molar-refractivity contribution in [2.24, 2.45) is 5.73 Å². The zero-order valence-electron chi connectivity index (χ0n) is 10.6. The maximum absolute atomic E-state index is 5.72. The van der Waals surface area contributed by atoms with Crippen molar-refractivity contribution in [2.45, 2.75) is 32.9 Å². The lowest BCUT2D eigenvalue weighted by molar-refractivity contribution is 0.308. The van der Waals surface area contributed by atoms with Crippen LogP contribution in [0, 0.1) is 6.92 Å². The van der Waals surface area contributed by atoms with Crippen LogP contribution in [0.5, 0.6) is 5.75 Å². The summed E-state index contributed by atoms with van der Waals surface area (Å²) in [6.45, 7) is 4.50. The Morgan fingerprint density at radius 3 is 2.72 bits per heavy atom. The molecule has 96 valence electrons. The molecule has 2 heterocycles. The van der Waals surface area contributed by atoms with Crippen LogP contribution >= 0.6 is 11.3 Å². The summed E-state index contributed by atoms with van der Waals surface area (Å²) in [4.78, 5) is 9.62. The van der Waals surface area contributed by atoms with Crippen molar-refractivity contribution in [2.75, 3.05) is 0 Å². The van der Waals surface area contributed by atoms with E-state index in [0.29, 0.717) is 6.61 Å². The Morgan fingerprint density at radius 2 is 2.17 bits per heavy atom. The van der Waals surface area contributed by atoms with E-state index in [-0.39, 0.29) is 6.04 Å². The smallest absolute Gasteiger partial charge is 0.138 e. The van der Waals surface area contributed by atoms with E-state index in [1.807, 2.05) is 32.2 Å². The van der Waals surface area contributed by atoms with Gasteiger partial charge in [0, 0.05) is 24.4 Å². The molecule has 2 rings (SSSR count). The Labute approximate surface area is 111 Å². The molecule has 0 saturated carbocycles. The first-order valence-corrected chi connectivity index (χ1v) is 6.70. The van der Waals surface area contributed by atoms with E-state index in [1.54, 1.807) is 17.5 Å². The van der Waals surface area contributed by atoms with Crippen LogP contribution in [-0.2, 0) is 13.0 Å². The van der Waals surface area contributed by atoms with Crippen molar-refractivity contribution in [1.82, 2.24) is 9.97 Å². The Hall–Kier alpha value is -1.46. The SMILES string of the molecule is Cc1ncc(COc2ccc(CC(C)N)nc2)s1. The average molecular weight is 263 g/mol. The molecule has 1 unspecified atom stereocenters. The van der Waals surface area contributed by atoms with Gasteiger partial charge in [-0.3, -0.25) is 4.98 Å². The summed E-state index contributed by atoms with van der Waals surface area (Å²) < 4.78 is 5.64. The van der Waals surface area contributed by atoms with Crippen LogP contribution < -0.4 is 10.5 Å². The molecule has 0 spiro atoms. The van der Waals surface area contributed by atoms with Crippen LogP contribution in [0.25, 0.3) is 0 Å². The summed E-state index contributed by atoms with van der Waals surface area (Å²) in [5.41, 5.74) is 6.71. The second-order valence-electron chi connectivity index (χ2n) is 4.30. The molecular formula is C13H17N3OS. The summed E-state index contributed by atoms with van der Waals surface area (Å²) in [5, 5.41) is 1.05. The summed E-state index contributed by atoms with van der Waals surface area (Å²) in [7, 11) is 0. The molecule has 18 heavy (non-hydrogen) atoms. The molecule has 0 saturated heterocycles. The summed E-state index contributed by atoms with van der Waals surface area (Å²) >= 11 is 1.65. The summed E-state index contributed by atoms with van der Waals surface area (Å²) in [6.07, 6.45) is 4.37. The average Bonchev–Trinajstić information content (AvgIpc) is 2.74. The van der Waals surface area contributed by atoms with Crippen molar-refractivity contribution in [3.63, 3.8) is 0 Å². The van der Waals surface area contributed by atoms with Crippen LogP contribution in [0.2, 0.25) is 0 Å². The fourth-order valence-corrected chi connectivity index (χ4v) is 2.28. The standard InChI is InChI=1S/C13H17N3OS/c1-9(14)5-11-3-4-12(6-16-11)17-8-13-7-15-10(2)18-13/h3-4,6-7,9H,5,8,14H2,1-2H3. The number of rotatable bonds is 5. The van der Waals surface area contributed by atoms with Gasteiger partial charge in [-0.1, -0.05) is 0 Å². The van der Waals surface area contributed by atoms with Crippen LogP contribution in [0.4, 0.5) is 0 Å². The van der Waals surface area contributed by atoms with Crippen LogP contribution in [0.3, 0.4) is 0 Å². The van der Waals surface area contributed by atoms with E-state index in [2.05, 4.69) is 9.97 Å². The van der Waals surface area contributed by atoms with Gasteiger partial charge >= 0.3 is 0 Å². The van der Waals surface area contributed by atoms with Gasteiger partial charge < -0.3 is 10.5 Å². The highest BCUT2D eigenvalue weighted by atomic mass is 32.1. The molecule has 2 N–H and O–H groups in total. The van der Waals surface area contributed by atoms with Crippen molar-refractivity contribution in [1.29, 1.82) is 0 Å². The molecule has 0 fully saturated rings. The predicted molar refractivity (Wildman–Crippen MR) is 72.8 cm³/mol. The predicted octanol–water partition coefficient (Wildman–Crippen LogP) is 2.32. The molecule has 0 aromatic carbocycles. The summed E-state index contributed by atoms with van der Waals surface area (Å²) in [6, 6.07) is 4.01. The fourth-order valence-electron chi connectivity index (χ4n) is 1.57. The van der Waals surface area contributed by atoms with Crippen molar-refractivity contribution in [3.05, 3.63) is 40.1 Å². The number of aromatic nitrogens is 2. The molecule has 2 aromatic heterocycles. The van der Waals surface area contributed by atoms with Gasteiger partial charge in [0.15, 0.2) is 0 Å². The molecule has 0 aliphatic heterocycles. The van der Waals surface area contributed by atoms with E-state index < -0.39 is 0 Å². The van der Waals surface area contributed by atoms with Gasteiger partial charge in [0.2, 0.25) is 0 Å². The second-order valence-corrected chi connectivity index (χ2v) is 5.62. The minimum atomic E-state index is 0.129.